The Morgan fingerprint density at radius 2 is 1.97 bits per heavy atom. The second-order valence-electron chi connectivity index (χ2n) is 8.44. The van der Waals surface area contributed by atoms with Crippen LogP contribution in [-0.2, 0) is 4.79 Å². The average Bonchev–Trinajstić information content (AvgIpc) is 3.34. The molecule has 1 aliphatic rings. The number of carbonyl (C=O) groups excluding carboxylic acids is 1. The molecule has 3 heterocycles. The third kappa shape index (κ3) is 4.90. The Labute approximate surface area is 229 Å². The zero-order chi connectivity index (χ0) is 26.8. The smallest absolute Gasteiger partial charge is 0.255 e. The van der Waals surface area contributed by atoms with Crippen LogP contribution in [0.4, 0.5) is 11.6 Å². The van der Waals surface area contributed by atoms with Gasteiger partial charge in [-0.25, -0.2) is 4.68 Å². The summed E-state index contributed by atoms with van der Waals surface area (Å²) in [4.78, 5) is 22.5. The molecule has 9 nitrogen and oxygen atoms in total. The van der Waals surface area contributed by atoms with Gasteiger partial charge in [0.2, 0.25) is 5.95 Å². The largest absolute Gasteiger partial charge is 0.493 e. The van der Waals surface area contributed by atoms with Crippen LogP contribution in [0.25, 0.3) is 11.4 Å². The summed E-state index contributed by atoms with van der Waals surface area (Å²) in [6.07, 6.45) is 3.23. The van der Waals surface area contributed by atoms with Gasteiger partial charge in [0.1, 0.15) is 6.04 Å². The number of fused-ring (bicyclic) bond motifs is 1. The highest BCUT2D eigenvalue weighted by atomic mass is 35.5. The summed E-state index contributed by atoms with van der Waals surface area (Å²) >= 11 is 12.4. The number of ether oxygens (including phenoxy) is 2. The predicted octanol–water partition coefficient (Wildman–Crippen LogP) is 5.98. The van der Waals surface area contributed by atoms with Gasteiger partial charge in [-0.05, 0) is 61.9 Å². The van der Waals surface area contributed by atoms with Gasteiger partial charge in [-0.3, -0.25) is 9.78 Å². The minimum atomic E-state index is -0.628. The Bertz CT molecular complexity index is 1540. The van der Waals surface area contributed by atoms with Crippen molar-refractivity contribution < 1.29 is 14.3 Å². The molecule has 0 saturated heterocycles. The Hall–Kier alpha value is -4.08. The molecule has 1 aliphatic heterocycles. The van der Waals surface area contributed by atoms with Crippen molar-refractivity contribution in [1.82, 2.24) is 19.7 Å². The van der Waals surface area contributed by atoms with Crippen LogP contribution >= 0.6 is 23.2 Å². The molecule has 11 heteroatoms. The van der Waals surface area contributed by atoms with Crippen molar-refractivity contribution in [3.63, 3.8) is 0 Å². The molecule has 1 amide bonds. The molecule has 4 aromatic rings. The number of aromatic nitrogens is 4. The monoisotopic (exact) mass is 550 g/mol. The summed E-state index contributed by atoms with van der Waals surface area (Å²) in [5, 5.41) is 11.8. The maximum atomic E-state index is 13.7. The van der Waals surface area contributed by atoms with Crippen LogP contribution < -0.4 is 20.1 Å². The number of nitrogens with zero attached hydrogens (tertiary/aromatic N) is 4. The second-order valence-corrected chi connectivity index (χ2v) is 9.25. The standard InChI is InChI=1S/C27H24Cl2N6O3/c1-4-38-21-10-8-16(13-22(21)37-3)24-23(26(36)32-18-6-5-11-30-14-18)15(2)31-27-33-25(34-35(24)27)17-7-9-19(28)20(29)12-17/h5-14,24H,4H2,1-3H3,(H,32,36)(H,31,33,34). The number of methoxy groups -OCH3 is 1. The first-order valence-corrected chi connectivity index (χ1v) is 12.6. The third-order valence-corrected chi connectivity index (χ3v) is 6.74. The number of hydrogen-bond donors (Lipinski definition) is 2. The second kappa shape index (κ2) is 10.7. The highest BCUT2D eigenvalue weighted by molar-refractivity contribution is 6.42. The third-order valence-electron chi connectivity index (χ3n) is 6.00. The molecule has 194 valence electrons. The fourth-order valence-corrected chi connectivity index (χ4v) is 4.57. The first kappa shape index (κ1) is 25.6. The molecule has 0 radical (unpaired) electrons. The number of benzene rings is 2. The van der Waals surface area contributed by atoms with Crippen LogP contribution in [0.15, 0.2) is 72.2 Å². The van der Waals surface area contributed by atoms with Crippen LogP contribution in [0.3, 0.4) is 0 Å². The minimum absolute atomic E-state index is 0.307. The number of allylic oxidation sites excluding steroid dienone is 1. The summed E-state index contributed by atoms with van der Waals surface area (Å²) in [6.45, 7) is 4.22. The number of anilines is 2. The molecular formula is C27H24Cl2N6O3. The van der Waals surface area contributed by atoms with Gasteiger partial charge in [-0.2, -0.15) is 4.98 Å². The molecule has 0 aliphatic carbocycles. The average molecular weight is 551 g/mol. The van der Waals surface area contributed by atoms with Crippen molar-refractivity contribution in [2.75, 3.05) is 24.4 Å². The first-order valence-electron chi connectivity index (χ1n) is 11.8. The molecule has 0 bridgehead atoms. The number of halogens is 2. The maximum Gasteiger partial charge on any atom is 0.255 e. The molecule has 1 atom stereocenters. The van der Waals surface area contributed by atoms with Gasteiger partial charge in [0, 0.05) is 17.5 Å². The number of rotatable bonds is 7. The van der Waals surface area contributed by atoms with Crippen LogP contribution in [-0.4, -0.2) is 39.4 Å². The summed E-state index contributed by atoms with van der Waals surface area (Å²) in [5.41, 5.74) is 3.10. The lowest BCUT2D eigenvalue weighted by atomic mass is 9.94. The summed E-state index contributed by atoms with van der Waals surface area (Å²) in [5.74, 6) is 1.73. The fraction of sp³-hybridized carbons (Fsp3) is 0.185. The van der Waals surface area contributed by atoms with Crippen LogP contribution in [0.2, 0.25) is 10.0 Å². The number of hydrogen-bond acceptors (Lipinski definition) is 7. The molecule has 2 aromatic carbocycles. The van der Waals surface area contributed by atoms with E-state index in [1.165, 1.54) is 0 Å². The van der Waals surface area contributed by atoms with Crippen molar-refractivity contribution >= 4 is 40.7 Å². The molecule has 5 rings (SSSR count). The van der Waals surface area contributed by atoms with Gasteiger partial charge in [0.25, 0.3) is 5.91 Å². The molecular weight excluding hydrogens is 527 g/mol. The molecule has 2 N–H and O–H groups in total. The van der Waals surface area contributed by atoms with Crippen molar-refractivity contribution in [3.05, 3.63) is 87.8 Å². The molecule has 0 spiro atoms. The van der Waals surface area contributed by atoms with Crippen LogP contribution in [0.1, 0.15) is 25.5 Å². The molecule has 0 fully saturated rings. The highest BCUT2D eigenvalue weighted by Gasteiger charge is 2.35. The Morgan fingerprint density at radius 1 is 1.13 bits per heavy atom. The lowest BCUT2D eigenvalue weighted by Gasteiger charge is -2.29. The highest BCUT2D eigenvalue weighted by Crippen LogP contribution is 2.40. The quantitative estimate of drug-likeness (QED) is 0.291. The fourth-order valence-electron chi connectivity index (χ4n) is 4.27. The number of pyridine rings is 1. The molecule has 38 heavy (non-hydrogen) atoms. The summed E-state index contributed by atoms with van der Waals surface area (Å²) < 4.78 is 13.0. The SMILES string of the molecule is CCOc1ccc(C2C(C(=O)Nc3cccnc3)=C(C)Nc3nc(-c4ccc(Cl)c(Cl)c4)nn32)cc1OC. The predicted molar refractivity (Wildman–Crippen MR) is 147 cm³/mol. The van der Waals surface area contributed by atoms with E-state index in [1.807, 2.05) is 32.0 Å². The van der Waals surface area contributed by atoms with Crippen molar-refractivity contribution in [2.45, 2.75) is 19.9 Å². The van der Waals surface area contributed by atoms with Gasteiger partial charge in [0.15, 0.2) is 17.3 Å². The van der Waals surface area contributed by atoms with E-state index >= 15 is 0 Å². The Kier molecular flexibility index (Phi) is 7.22. The van der Waals surface area contributed by atoms with Gasteiger partial charge < -0.3 is 20.1 Å². The van der Waals surface area contributed by atoms with Gasteiger partial charge in [-0.1, -0.05) is 29.3 Å². The van der Waals surface area contributed by atoms with Gasteiger partial charge in [0.05, 0.1) is 41.2 Å². The van der Waals surface area contributed by atoms with E-state index in [2.05, 4.69) is 15.6 Å². The first-order chi connectivity index (χ1) is 18.4. The van der Waals surface area contributed by atoms with Crippen molar-refractivity contribution in [3.8, 4) is 22.9 Å². The van der Waals surface area contributed by atoms with E-state index in [9.17, 15) is 4.79 Å². The normalized spacial score (nSPS) is 14.5. The van der Waals surface area contributed by atoms with Crippen molar-refractivity contribution in [1.29, 1.82) is 0 Å². The number of carbonyl (C=O) groups is 1. The van der Waals surface area contributed by atoms with E-state index in [0.29, 0.717) is 62.4 Å². The van der Waals surface area contributed by atoms with Gasteiger partial charge >= 0.3 is 0 Å². The van der Waals surface area contributed by atoms with E-state index in [-0.39, 0.29) is 5.91 Å². The topological polar surface area (TPSA) is 103 Å². The van der Waals surface area contributed by atoms with Crippen molar-refractivity contribution in [2.24, 2.45) is 0 Å². The number of amides is 1. The van der Waals surface area contributed by atoms with E-state index < -0.39 is 6.04 Å². The number of nitrogens with one attached hydrogen (secondary N) is 2. The minimum Gasteiger partial charge on any atom is -0.493 e. The van der Waals surface area contributed by atoms with Crippen LogP contribution in [0, 0.1) is 0 Å². The molecule has 0 saturated carbocycles. The van der Waals surface area contributed by atoms with Gasteiger partial charge in [-0.15, -0.1) is 5.10 Å². The van der Waals surface area contributed by atoms with Crippen LogP contribution in [0.5, 0.6) is 11.5 Å². The maximum absolute atomic E-state index is 13.7. The zero-order valence-electron chi connectivity index (χ0n) is 20.8. The van der Waals surface area contributed by atoms with E-state index in [1.54, 1.807) is 54.5 Å². The summed E-state index contributed by atoms with van der Waals surface area (Å²) in [7, 11) is 1.57. The van der Waals surface area contributed by atoms with E-state index in [0.717, 1.165) is 5.56 Å². The molecule has 1 unspecified atom stereocenters. The lowest BCUT2D eigenvalue weighted by molar-refractivity contribution is -0.113. The Balaban J connectivity index is 1.63. The molecule has 2 aromatic heterocycles. The zero-order valence-corrected chi connectivity index (χ0v) is 22.3. The van der Waals surface area contributed by atoms with E-state index in [4.69, 9.17) is 42.8 Å². The Morgan fingerprint density at radius 3 is 2.68 bits per heavy atom. The lowest BCUT2D eigenvalue weighted by Crippen LogP contribution is -2.31. The summed E-state index contributed by atoms with van der Waals surface area (Å²) in [6, 6.07) is 13.6.